The largest absolute Gasteiger partial charge is 0.329 e. The van der Waals surface area contributed by atoms with Crippen molar-refractivity contribution in [2.45, 2.75) is 26.4 Å². The first-order valence-electron chi connectivity index (χ1n) is 5.31. The van der Waals surface area contributed by atoms with Gasteiger partial charge >= 0.3 is 0 Å². The molecular weight excluding hydrogens is 208 g/mol. The third kappa shape index (κ3) is 4.20. The molecule has 1 atom stereocenters. The minimum Gasteiger partial charge on any atom is -0.329 e. The minimum absolute atomic E-state index is 0.365. The van der Waals surface area contributed by atoms with E-state index in [2.05, 4.69) is 25.2 Å². The van der Waals surface area contributed by atoms with Crippen LogP contribution in [0.4, 0.5) is 0 Å². The van der Waals surface area contributed by atoms with Crippen molar-refractivity contribution in [1.29, 1.82) is 0 Å². The molecule has 1 rings (SSSR count). The van der Waals surface area contributed by atoms with Crippen LogP contribution in [0.1, 0.15) is 19.4 Å². The van der Waals surface area contributed by atoms with Crippen molar-refractivity contribution in [2.75, 3.05) is 6.54 Å². The summed E-state index contributed by atoms with van der Waals surface area (Å²) in [4.78, 5) is 0. The van der Waals surface area contributed by atoms with Crippen LogP contribution in [0.15, 0.2) is 24.3 Å². The van der Waals surface area contributed by atoms with E-state index in [-0.39, 0.29) is 0 Å². The maximum Gasteiger partial charge on any atom is 0.0409 e. The van der Waals surface area contributed by atoms with Gasteiger partial charge in [0.1, 0.15) is 0 Å². The predicted octanol–water partition coefficient (Wildman–Crippen LogP) is 2.41. The summed E-state index contributed by atoms with van der Waals surface area (Å²) in [6, 6.07) is 8.25. The third-order valence-electron chi connectivity index (χ3n) is 2.52. The number of halogens is 1. The highest BCUT2D eigenvalue weighted by atomic mass is 35.5. The van der Waals surface area contributed by atoms with Crippen molar-refractivity contribution in [3.05, 3.63) is 34.9 Å². The van der Waals surface area contributed by atoms with Crippen LogP contribution in [0.3, 0.4) is 0 Å². The smallest absolute Gasteiger partial charge is 0.0409 e. The van der Waals surface area contributed by atoms with E-state index in [1.165, 1.54) is 5.56 Å². The van der Waals surface area contributed by atoms with Crippen molar-refractivity contribution in [3.63, 3.8) is 0 Å². The Balaban J connectivity index is 2.49. The van der Waals surface area contributed by atoms with Gasteiger partial charge in [-0.3, -0.25) is 0 Å². The van der Waals surface area contributed by atoms with Gasteiger partial charge in [0.05, 0.1) is 0 Å². The summed E-state index contributed by atoms with van der Waals surface area (Å²) >= 11 is 5.90. The van der Waals surface area contributed by atoms with E-state index < -0.39 is 0 Å². The molecule has 3 N–H and O–H groups in total. The molecule has 0 bridgehead atoms. The molecule has 0 aliphatic rings. The standard InChI is InChI=1S/C12H19ClN2/c1-9(2)12(7-14)15-8-10-4-3-5-11(13)6-10/h3-6,9,12,15H,7-8,14H2,1-2H3. The monoisotopic (exact) mass is 226 g/mol. The fourth-order valence-electron chi connectivity index (χ4n) is 1.49. The van der Waals surface area contributed by atoms with Gasteiger partial charge < -0.3 is 11.1 Å². The molecular formula is C12H19ClN2. The Bertz CT molecular complexity index is 299. The van der Waals surface area contributed by atoms with Crippen LogP contribution < -0.4 is 11.1 Å². The molecule has 15 heavy (non-hydrogen) atoms. The lowest BCUT2D eigenvalue weighted by Crippen LogP contribution is -2.39. The number of nitrogens with one attached hydrogen (secondary N) is 1. The van der Waals surface area contributed by atoms with Crippen molar-refractivity contribution >= 4 is 11.6 Å². The first-order chi connectivity index (χ1) is 7.13. The molecule has 3 heteroatoms. The molecule has 0 aromatic heterocycles. The normalized spacial score (nSPS) is 13.1. The molecule has 1 aromatic carbocycles. The number of benzene rings is 1. The molecule has 0 aliphatic heterocycles. The molecule has 84 valence electrons. The van der Waals surface area contributed by atoms with Gasteiger partial charge in [0.25, 0.3) is 0 Å². The van der Waals surface area contributed by atoms with Crippen LogP contribution >= 0.6 is 11.6 Å². The predicted molar refractivity (Wildman–Crippen MR) is 66.0 cm³/mol. The van der Waals surface area contributed by atoms with Gasteiger partial charge in [-0.25, -0.2) is 0 Å². The van der Waals surface area contributed by atoms with E-state index in [1.54, 1.807) is 0 Å². The van der Waals surface area contributed by atoms with Crippen molar-refractivity contribution in [3.8, 4) is 0 Å². The molecule has 0 heterocycles. The lowest BCUT2D eigenvalue weighted by molar-refractivity contribution is 0.405. The van der Waals surface area contributed by atoms with E-state index in [9.17, 15) is 0 Å². The Labute approximate surface area is 96.8 Å². The van der Waals surface area contributed by atoms with Gasteiger partial charge in [-0.15, -0.1) is 0 Å². The quantitative estimate of drug-likeness (QED) is 0.810. The highest BCUT2D eigenvalue weighted by Crippen LogP contribution is 2.11. The summed E-state index contributed by atoms with van der Waals surface area (Å²) in [6.45, 7) is 5.82. The summed E-state index contributed by atoms with van der Waals surface area (Å²) in [5.74, 6) is 0.550. The molecule has 0 spiro atoms. The molecule has 0 saturated carbocycles. The van der Waals surface area contributed by atoms with Gasteiger partial charge in [0.15, 0.2) is 0 Å². The Morgan fingerprint density at radius 3 is 2.67 bits per heavy atom. The van der Waals surface area contributed by atoms with E-state index >= 15 is 0 Å². The van der Waals surface area contributed by atoms with Gasteiger partial charge in [-0.05, 0) is 23.6 Å². The zero-order valence-corrected chi connectivity index (χ0v) is 10.1. The first-order valence-corrected chi connectivity index (χ1v) is 5.69. The van der Waals surface area contributed by atoms with Crippen molar-refractivity contribution in [2.24, 2.45) is 11.7 Å². The highest BCUT2D eigenvalue weighted by molar-refractivity contribution is 6.30. The summed E-state index contributed by atoms with van der Waals surface area (Å²) in [7, 11) is 0. The topological polar surface area (TPSA) is 38.0 Å². The Hall–Kier alpha value is -0.570. The number of hydrogen-bond acceptors (Lipinski definition) is 2. The summed E-state index contributed by atoms with van der Waals surface area (Å²) in [5.41, 5.74) is 6.88. The molecule has 0 radical (unpaired) electrons. The van der Waals surface area contributed by atoms with Crippen LogP contribution in [0.25, 0.3) is 0 Å². The van der Waals surface area contributed by atoms with E-state index in [0.717, 1.165) is 11.6 Å². The van der Waals surface area contributed by atoms with E-state index in [4.69, 9.17) is 17.3 Å². The summed E-state index contributed by atoms with van der Waals surface area (Å²) < 4.78 is 0. The molecule has 0 fully saturated rings. The minimum atomic E-state index is 0.365. The molecule has 0 aliphatic carbocycles. The second kappa shape index (κ2) is 6.11. The maximum absolute atomic E-state index is 5.90. The molecule has 1 aromatic rings. The van der Waals surface area contributed by atoms with Gasteiger partial charge in [0.2, 0.25) is 0 Å². The number of nitrogens with two attached hydrogens (primary N) is 1. The third-order valence-corrected chi connectivity index (χ3v) is 2.75. The lowest BCUT2D eigenvalue weighted by atomic mass is 10.0. The van der Waals surface area contributed by atoms with Crippen LogP contribution in [-0.2, 0) is 6.54 Å². The van der Waals surface area contributed by atoms with Crippen LogP contribution in [0.5, 0.6) is 0 Å². The Morgan fingerprint density at radius 1 is 1.40 bits per heavy atom. The van der Waals surface area contributed by atoms with E-state index in [1.807, 2.05) is 18.2 Å². The number of rotatable bonds is 5. The highest BCUT2D eigenvalue weighted by Gasteiger charge is 2.09. The fraction of sp³-hybridized carbons (Fsp3) is 0.500. The first kappa shape index (κ1) is 12.5. The zero-order valence-electron chi connectivity index (χ0n) is 9.33. The van der Waals surface area contributed by atoms with E-state index in [0.29, 0.717) is 18.5 Å². The summed E-state index contributed by atoms with van der Waals surface area (Å²) in [5, 5.41) is 4.21. The average molecular weight is 227 g/mol. The van der Waals surface area contributed by atoms with Crippen LogP contribution in [0, 0.1) is 5.92 Å². The van der Waals surface area contributed by atoms with Crippen LogP contribution in [0.2, 0.25) is 5.02 Å². The number of hydrogen-bond donors (Lipinski definition) is 2. The second-order valence-corrected chi connectivity index (χ2v) is 4.53. The lowest BCUT2D eigenvalue weighted by Gasteiger charge is -2.20. The molecule has 1 unspecified atom stereocenters. The molecule has 2 nitrogen and oxygen atoms in total. The van der Waals surface area contributed by atoms with Crippen molar-refractivity contribution in [1.82, 2.24) is 5.32 Å². The summed E-state index contributed by atoms with van der Waals surface area (Å²) in [6.07, 6.45) is 0. The zero-order chi connectivity index (χ0) is 11.3. The Kier molecular flexibility index (Phi) is 5.09. The molecule has 0 saturated heterocycles. The molecule has 0 amide bonds. The fourth-order valence-corrected chi connectivity index (χ4v) is 1.70. The van der Waals surface area contributed by atoms with Gasteiger partial charge in [-0.1, -0.05) is 37.6 Å². The SMILES string of the molecule is CC(C)C(CN)NCc1cccc(Cl)c1. The van der Waals surface area contributed by atoms with Gasteiger partial charge in [0, 0.05) is 24.2 Å². The average Bonchev–Trinajstić information content (AvgIpc) is 2.18. The van der Waals surface area contributed by atoms with Gasteiger partial charge in [-0.2, -0.15) is 0 Å². The van der Waals surface area contributed by atoms with Crippen LogP contribution in [-0.4, -0.2) is 12.6 Å². The van der Waals surface area contributed by atoms with Crippen molar-refractivity contribution < 1.29 is 0 Å². The maximum atomic E-state index is 5.90. The Morgan fingerprint density at radius 2 is 2.13 bits per heavy atom. The second-order valence-electron chi connectivity index (χ2n) is 4.10.